The predicted octanol–water partition coefficient (Wildman–Crippen LogP) is 5.71. The number of carbonyl (C=O) groups excluding carboxylic acids is 1. The second-order valence-corrected chi connectivity index (χ2v) is 12.5. The third-order valence-corrected chi connectivity index (χ3v) is 7.92. The van der Waals surface area contributed by atoms with E-state index in [2.05, 4.69) is 23.5 Å². The lowest BCUT2D eigenvalue weighted by molar-refractivity contribution is -0.155. The number of ketones is 1. The number of benzene rings is 2. The largest absolute Gasteiger partial charge is 0.494 e. The van der Waals surface area contributed by atoms with Crippen LogP contribution in [0.3, 0.4) is 0 Å². The second-order valence-electron chi connectivity index (χ2n) is 10.7. The molecule has 2 atom stereocenters. The number of carboxylic acids is 1. The summed E-state index contributed by atoms with van der Waals surface area (Å²) in [6.07, 6.45) is 7.22. The molecule has 0 saturated carbocycles. The lowest BCUT2D eigenvalue weighted by Crippen LogP contribution is -2.48. The summed E-state index contributed by atoms with van der Waals surface area (Å²) in [5.41, 5.74) is -0.894. The van der Waals surface area contributed by atoms with Crippen molar-refractivity contribution in [1.29, 1.82) is 0 Å². The van der Waals surface area contributed by atoms with E-state index in [1.54, 1.807) is 24.3 Å². The Morgan fingerprint density at radius 2 is 1.61 bits per heavy atom. The molecule has 2 unspecified atom stereocenters. The van der Waals surface area contributed by atoms with Crippen molar-refractivity contribution in [3.05, 3.63) is 53.6 Å². The number of hydrogen-bond acceptors (Lipinski definition) is 7. The Balaban J connectivity index is 1.76. The normalized spacial score (nSPS) is 18.1. The van der Waals surface area contributed by atoms with E-state index in [4.69, 9.17) is 9.47 Å². The fourth-order valence-electron chi connectivity index (χ4n) is 5.30. The Labute approximate surface area is 244 Å². The molecule has 10 heteroatoms. The van der Waals surface area contributed by atoms with Gasteiger partial charge in [0, 0.05) is 23.4 Å². The third kappa shape index (κ3) is 8.45. The van der Waals surface area contributed by atoms with Gasteiger partial charge in [-0.1, -0.05) is 40.0 Å². The molecule has 2 aromatic rings. The summed E-state index contributed by atoms with van der Waals surface area (Å²) in [7, 11) is -3.58. The Morgan fingerprint density at radius 1 is 0.976 bits per heavy atom. The topological polar surface area (TPSA) is 122 Å². The number of nitrogens with zero attached hydrogens (tertiary/aromatic N) is 1. The van der Waals surface area contributed by atoms with Gasteiger partial charge in [0.15, 0.2) is 5.78 Å². The van der Waals surface area contributed by atoms with Crippen LogP contribution in [0.25, 0.3) is 0 Å². The average molecular weight is 589 g/mol. The molecule has 2 aromatic carbocycles. The molecule has 0 aliphatic carbocycles. The number of anilines is 1. The average Bonchev–Trinajstić information content (AvgIpc) is 3.25. The molecule has 0 bridgehead atoms. The summed E-state index contributed by atoms with van der Waals surface area (Å²) in [5, 5.41) is 10.3. The molecule has 1 aliphatic heterocycles. The van der Waals surface area contributed by atoms with Crippen LogP contribution >= 0.6 is 0 Å². The molecular formula is C31H44N2O7S. The van der Waals surface area contributed by atoms with E-state index in [0.29, 0.717) is 29.9 Å². The molecule has 0 aromatic heterocycles. The van der Waals surface area contributed by atoms with Crippen molar-refractivity contribution in [2.45, 2.75) is 77.2 Å². The van der Waals surface area contributed by atoms with Crippen LogP contribution in [0.4, 0.5) is 5.69 Å². The molecule has 2 N–H and O–H groups in total. The fourth-order valence-corrected chi connectivity index (χ4v) is 5.86. The lowest BCUT2D eigenvalue weighted by Gasteiger charge is -2.29. The highest BCUT2D eigenvalue weighted by molar-refractivity contribution is 7.92. The van der Waals surface area contributed by atoms with E-state index in [1.807, 2.05) is 6.92 Å². The molecule has 1 aliphatic rings. The SMILES string of the molecule is CCCCN(CCCC)CCCOc1ccc(C(=O)C2c3cc(NS(C)(=O)=O)ccc3OC2(CCC)C(=O)O)cc1. The van der Waals surface area contributed by atoms with Crippen LogP contribution in [0.5, 0.6) is 11.5 Å². The van der Waals surface area contributed by atoms with Crippen LogP contribution < -0.4 is 14.2 Å². The zero-order valence-electron chi connectivity index (χ0n) is 24.6. The predicted molar refractivity (Wildman–Crippen MR) is 161 cm³/mol. The van der Waals surface area contributed by atoms with Gasteiger partial charge in [-0.15, -0.1) is 0 Å². The maximum absolute atomic E-state index is 13.9. The first-order chi connectivity index (χ1) is 19.5. The minimum atomic E-state index is -3.58. The first-order valence-corrected chi connectivity index (χ1v) is 16.5. The summed E-state index contributed by atoms with van der Waals surface area (Å²) in [4.78, 5) is 29.0. The molecule has 0 saturated heterocycles. The Kier molecular flexibility index (Phi) is 11.6. The van der Waals surface area contributed by atoms with E-state index < -0.39 is 33.3 Å². The fraction of sp³-hybridized carbons (Fsp3) is 0.548. The van der Waals surface area contributed by atoms with E-state index >= 15 is 0 Å². The Morgan fingerprint density at radius 3 is 2.17 bits per heavy atom. The van der Waals surface area contributed by atoms with Crippen molar-refractivity contribution in [2.75, 3.05) is 37.2 Å². The molecule has 9 nitrogen and oxygen atoms in total. The molecule has 0 radical (unpaired) electrons. The molecule has 0 fully saturated rings. The van der Waals surface area contributed by atoms with Crippen molar-refractivity contribution < 1.29 is 32.6 Å². The maximum atomic E-state index is 13.9. The standard InChI is InChI=1S/C31H44N2O7S/c1-5-8-18-33(19-9-6-2)20-10-21-39-25-14-11-23(12-15-25)29(34)28-26-22-24(32-41(4,37)38)13-16-27(26)40-31(28,17-7-3)30(35)36/h11-16,22,28,32H,5-10,17-21H2,1-4H3,(H,35,36). The van der Waals surface area contributed by atoms with Crippen molar-refractivity contribution in [1.82, 2.24) is 4.90 Å². The Hall–Kier alpha value is -3.11. The minimum absolute atomic E-state index is 0.108. The van der Waals surface area contributed by atoms with Gasteiger partial charge in [0.1, 0.15) is 17.4 Å². The van der Waals surface area contributed by atoms with Gasteiger partial charge in [-0.05, 0) is 81.2 Å². The first-order valence-electron chi connectivity index (χ1n) is 14.6. The molecular weight excluding hydrogens is 544 g/mol. The number of unbranched alkanes of at least 4 members (excludes halogenated alkanes) is 2. The van der Waals surface area contributed by atoms with Gasteiger partial charge in [0.2, 0.25) is 15.6 Å². The van der Waals surface area contributed by atoms with Gasteiger partial charge < -0.3 is 19.5 Å². The molecule has 41 heavy (non-hydrogen) atoms. The summed E-state index contributed by atoms with van der Waals surface area (Å²) in [6.45, 7) is 9.96. The van der Waals surface area contributed by atoms with Gasteiger partial charge in [0.05, 0.1) is 12.9 Å². The van der Waals surface area contributed by atoms with Crippen LogP contribution in [-0.4, -0.2) is 68.3 Å². The molecule has 0 amide bonds. The number of sulfonamides is 1. The summed E-state index contributed by atoms with van der Waals surface area (Å²) in [5.74, 6) is -1.91. The van der Waals surface area contributed by atoms with Gasteiger partial charge >= 0.3 is 5.97 Å². The number of fused-ring (bicyclic) bond motifs is 1. The minimum Gasteiger partial charge on any atom is -0.494 e. The van der Waals surface area contributed by atoms with Crippen molar-refractivity contribution in [3.8, 4) is 11.5 Å². The number of hydrogen-bond donors (Lipinski definition) is 2. The smallest absolute Gasteiger partial charge is 0.349 e. The third-order valence-electron chi connectivity index (χ3n) is 7.31. The van der Waals surface area contributed by atoms with Crippen LogP contribution in [0, 0.1) is 0 Å². The van der Waals surface area contributed by atoms with E-state index in [9.17, 15) is 23.1 Å². The quantitative estimate of drug-likeness (QED) is 0.168. The van der Waals surface area contributed by atoms with Gasteiger partial charge in [-0.2, -0.15) is 0 Å². The van der Waals surface area contributed by atoms with Crippen LogP contribution in [-0.2, 0) is 14.8 Å². The monoisotopic (exact) mass is 588 g/mol. The zero-order chi connectivity index (χ0) is 30.0. The number of rotatable bonds is 18. The molecule has 1 heterocycles. The van der Waals surface area contributed by atoms with Crippen LogP contribution in [0.1, 0.15) is 87.6 Å². The van der Waals surface area contributed by atoms with Crippen molar-refractivity contribution in [2.24, 2.45) is 0 Å². The Bertz CT molecular complexity index is 1270. The van der Waals surface area contributed by atoms with E-state index in [-0.39, 0.29) is 17.9 Å². The van der Waals surface area contributed by atoms with Crippen molar-refractivity contribution >= 4 is 27.5 Å². The van der Waals surface area contributed by atoms with E-state index in [0.717, 1.165) is 32.3 Å². The number of nitrogens with one attached hydrogen (secondary N) is 1. The van der Waals surface area contributed by atoms with E-state index in [1.165, 1.54) is 43.9 Å². The van der Waals surface area contributed by atoms with Crippen LogP contribution in [0.2, 0.25) is 0 Å². The number of Topliss-reactive ketones (excluding diaryl/α,β-unsaturated/α-hetero) is 1. The number of ether oxygens (including phenoxy) is 2. The van der Waals surface area contributed by atoms with Gasteiger partial charge in [0.25, 0.3) is 0 Å². The number of aliphatic carboxylic acids is 1. The summed E-state index contributed by atoms with van der Waals surface area (Å²) in [6, 6.07) is 11.2. The maximum Gasteiger partial charge on any atom is 0.349 e. The number of carboxylic acid groups (broad SMARTS) is 1. The molecule has 226 valence electrons. The highest BCUT2D eigenvalue weighted by atomic mass is 32.2. The van der Waals surface area contributed by atoms with Crippen LogP contribution in [0.15, 0.2) is 42.5 Å². The summed E-state index contributed by atoms with van der Waals surface area (Å²) < 4.78 is 37.9. The highest BCUT2D eigenvalue weighted by Gasteiger charge is 2.57. The summed E-state index contributed by atoms with van der Waals surface area (Å²) >= 11 is 0. The molecule has 0 spiro atoms. The highest BCUT2D eigenvalue weighted by Crippen LogP contribution is 2.49. The molecule has 3 rings (SSSR count). The number of carbonyl (C=O) groups is 2. The second kappa shape index (κ2) is 14.7. The first kappa shape index (κ1) is 32.4. The van der Waals surface area contributed by atoms with Gasteiger partial charge in [-0.3, -0.25) is 9.52 Å². The van der Waals surface area contributed by atoms with Crippen molar-refractivity contribution in [3.63, 3.8) is 0 Å². The lowest BCUT2D eigenvalue weighted by atomic mass is 9.76. The zero-order valence-corrected chi connectivity index (χ0v) is 25.5. The van der Waals surface area contributed by atoms with Gasteiger partial charge in [-0.25, -0.2) is 13.2 Å².